The number of nitrogens with two attached hydrogens (primary N) is 1. The number of aryl methyl sites for hydroxylation is 2. The van der Waals surface area contributed by atoms with E-state index in [2.05, 4.69) is 15.5 Å². The van der Waals surface area contributed by atoms with Gasteiger partial charge in [0.15, 0.2) is 11.0 Å². The molecule has 1 aromatic heterocycles. The zero-order chi connectivity index (χ0) is 22.8. The average molecular weight is 460 g/mol. The first-order valence-electron chi connectivity index (χ1n) is 9.67. The molecule has 10 heteroatoms. The number of hydrogen-bond donors (Lipinski definition) is 2. The van der Waals surface area contributed by atoms with E-state index in [0.29, 0.717) is 17.4 Å². The Bertz CT molecular complexity index is 1240. The van der Waals surface area contributed by atoms with Crippen molar-refractivity contribution in [1.82, 2.24) is 14.8 Å². The van der Waals surface area contributed by atoms with Gasteiger partial charge in [-0.25, -0.2) is 13.6 Å². The van der Waals surface area contributed by atoms with Gasteiger partial charge in [-0.2, -0.15) is 0 Å². The van der Waals surface area contributed by atoms with E-state index in [4.69, 9.17) is 5.14 Å². The highest BCUT2D eigenvalue weighted by atomic mass is 32.2. The van der Waals surface area contributed by atoms with Crippen LogP contribution < -0.4 is 10.5 Å². The summed E-state index contributed by atoms with van der Waals surface area (Å²) in [5, 5.41) is 17.2. The molecule has 0 spiro atoms. The number of rotatable bonds is 7. The Morgan fingerprint density at radius 2 is 1.90 bits per heavy atom. The van der Waals surface area contributed by atoms with Crippen molar-refractivity contribution in [2.24, 2.45) is 5.14 Å². The largest absolute Gasteiger partial charge is 0.325 e. The lowest BCUT2D eigenvalue weighted by Crippen LogP contribution is -2.18. The number of thioether (sulfide) groups is 1. The summed E-state index contributed by atoms with van der Waals surface area (Å²) in [6.07, 6.45) is 0. The first-order valence-corrected chi connectivity index (χ1v) is 12.2. The summed E-state index contributed by atoms with van der Waals surface area (Å²) >= 11 is 1.27. The van der Waals surface area contributed by atoms with E-state index in [-0.39, 0.29) is 16.6 Å². The molecular formula is C21H25N5O3S2. The lowest BCUT2D eigenvalue weighted by Gasteiger charge is -2.13. The van der Waals surface area contributed by atoms with Gasteiger partial charge in [-0.15, -0.1) is 10.2 Å². The van der Waals surface area contributed by atoms with Crippen LogP contribution in [0.3, 0.4) is 0 Å². The number of sulfonamides is 1. The van der Waals surface area contributed by atoms with Crippen LogP contribution in [0.2, 0.25) is 0 Å². The zero-order valence-electron chi connectivity index (χ0n) is 17.8. The van der Waals surface area contributed by atoms with Gasteiger partial charge in [0.05, 0.1) is 10.6 Å². The molecule has 0 fully saturated rings. The fraction of sp³-hybridized carbons (Fsp3) is 0.286. The van der Waals surface area contributed by atoms with Gasteiger partial charge in [-0.05, 0) is 57.0 Å². The van der Waals surface area contributed by atoms with Crippen LogP contribution in [-0.2, 0) is 21.4 Å². The molecule has 8 nitrogen and oxygen atoms in total. The Labute approximate surface area is 186 Å². The van der Waals surface area contributed by atoms with Crippen LogP contribution in [-0.4, -0.2) is 34.8 Å². The highest BCUT2D eigenvalue weighted by molar-refractivity contribution is 7.99. The summed E-state index contributed by atoms with van der Waals surface area (Å²) < 4.78 is 25.4. The van der Waals surface area contributed by atoms with Crippen LogP contribution in [0.25, 0.3) is 11.4 Å². The number of carbonyl (C=O) groups excluding carboxylic acids is 1. The number of nitrogens with zero attached hydrogens (tertiary/aromatic N) is 3. The quantitative estimate of drug-likeness (QED) is 0.523. The smallest absolute Gasteiger partial charge is 0.238 e. The van der Waals surface area contributed by atoms with Crippen molar-refractivity contribution in [3.63, 3.8) is 0 Å². The maximum absolute atomic E-state index is 12.6. The summed E-state index contributed by atoms with van der Waals surface area (Å²) in [7, 11) is -3.87. The van der Waals surface area contributed by atoms with Crippen LogP contribution in [0, 0.1) is 20.8 Å². The van der Waals surface area contributed by atoms with Gasteiger partial charge in [-0.3, -0.25) is 4.79 Å². The van der Waals surface area contributed by atoms with E-state index in [0.717, 1.165) is 28.1 Å². The van der Waals surface area contributed by atoms with Crippen molar-refractivity contribution in [2.75, 3.05) is 11.1 Å². The number of hydrogen-bond acceptors (Lipinski definition) is 6. The predicted molar refractivity (Wildman–Crippen MR) is 123 cm³/mol. The minimum absolute atomic E-state index is 0.0351. The summed E-state index contributed by atoms with van der Waals surface area (Å²) in [6, 6.07) is 10.9. The number of primary sulfonamides is 1. The molecule has 3 aromatic rings. The van der Waals surface area contributed by atoms with Crippen LogP contribution in [0.4, 0.5) is 5.69 Å². The van der Waals surface area contributed by atoms with E-state index in [1.54, 1.807) is 6.92 Å². The predicted octanol–water partition coefficient (Wildman–Crippen LogP) is 3.27. The average Bonchev–Trinajstić information content (AvgIpc) is 3.12. The first kappa shape index (κ1) is 23.0. The first-order chi connectivity index (χ1) is 14.6. The van der Waals surface area contributed by atoms with Crippen LogP contribution in [0.15, 0.2) is 46.5 Å². The molecule has 0 bridgehead atoms. The van der Waals surface area contributed by atoms with Crippen molar-refractivity contribution in [2.45, 2.75) is 44.3 Å². The van der Waals surface area contributed by atoms with Gasteiger partial charge in [0.1, 0.15) is 0 Å². The molecule has 164 valence electrons. The monoisotopic (exact) mass is 459 g/mol. The number of anilines is 1. The second-order valence-electron chi connectivity index (χ2n) is 7.21. The molecule has 0 atom stereocenters. The van der Waals surface area contributed by atoms with E-state index in [1.165, 1.54) is 23.9 Å². The number of amides is 1. The SMILES string of the molecule is CCn1c(SCC(=O)Nc2cc(S(N)(=O)=O)cc(C)c2C)nnc1-c1cccc(C)c1. The van der Waals surface area contributed by atoms with E-state index >= 15 is 0 Å². The summed E-state index contributed by atoms with van der Waals surface area (Å²) in [4.78, 5) is 12.5. The zero-order valence-corrected chi connectivity index (χ0v) is 19.5. The molecule has 1 amide bonds. The molecule has 3 rings (SSSR count). The molecule has 2 aromatic carbocycles. The third kappa shape index (κ3) is 5.33. The summed E-state index contributed by atoms with van der Waals surface area (Å²) in [5.74, 6) is 0.576. The van der Waals surface area contributed by atoms with Gasteiger partial charge >= 0.3 is 0 Å². The van der Waals surface area contributed by atoms with Crippen LogP contribution in [0.1, 0.15) is 23.6 Å². The lowest BCUT2D eigenvalue weighted by molar-refractivity contribution is -0.113. The van der Waals surface area contributed by atoms with Crippen molar-refractivity contribution >= 4 is 33.4 Å². The van der Waals surface area contributed by atoms with Gasteiger partial charge in [0.25, 0.3) is 0 Å². The third-order valence-electron chi connectivity index (χ3n) is 4.89. The summed E-state index contributed by atoms with van der Waals surface area (Å²) in [6.45, 7) is 8.26. The minimum atomic E-state index is -3.87. The highest BCUT2D eigenvalue weighted by Gasteiger charge is 2.17. The Morgan fingerprint density at radius 3 is 2.55 bits per heavy atom. The molecule has 0 radical (unpaired) electrons. The fourth-order valence-corrected chi connectivity index (χ4v) is 4.54. The van der Waals surface area contributed by atoms with Gasteiger partial charge in [0.2, 0.25) is 15.9 Å². The van der Waals surface area contributed by atoms with Crippen molar-refractivity contribution in [1.29, 1.82) is 0 Å². The molecule has 0 aliphatic carbocycles. The van der Waals surface area contributed by atoms with E-state index < -0.39 is 10.0 Å². The van der Waals surface area contributed by atoms with E-state index in [9.17, 15) is 13.2 Å². The lowest BCUT2D eigenvalue weighted by atomic mass is 10.1. The number of aromatic nitrogens is 3. The summed E-state index contributed by atoms with van der Waals surface area (Å²) in [5.41, 5.74) is 4.03. The molecule has 0 saturated carbocycles. The van der Waals surface area contributed by atoms with Gasteiger partial charge in [0, 0.05) is 17.8 Å². The second kappa shape index (κ2) is 9.21. The molecule has 1 heterocycles. The Hall–Kier alpha value is -2.69. The maximum Gasteiger partial charge on any atom is 0.238 e. The Morgan fingerprint density at radius 1 is 1.16 bits per heavy atom. The standard InChI is InChI=1S/C21H25N5O3S2/c1-5-26-20(16-8-6-7-13(2)9-16)24-25-21(26)30-12-19(27)23-18-11-17(31(22,28)29)10-14(3)15(18)4/h6-11H,5,12H2,1-4H3,(H,23,27)(H2,22,28,29). The number of carbonyl (C=O) groups is 1. The Balaban J connectivity index is 1.76. The molecule has 0 aliphatic heterocycles. The Kier molecular flexibility index (Phi) is 6.83. The van der Waals surface area contributed by atoms with Crippen LogP contribution in [0.5, 0.6) is 0 Å². The van der Waals surface area contributed by atoms with Crippen LogP contribution >= 0.6 is 11.8 Å². The molecule has 3 N–H and O–H groups in total. The molecule has 31 heavy (non-hydrogen) atoms. The number of benzene rings is 2. The van der Waals surface area contributed by atoms with Gasteiger partial charge < -0.3 is 9.88 Å². The normalized spacial score (nSPS) is 11.5. The molecule has 0 aliphatic rings. The minimum Gasteiger partial charge on any atom is -0.325 e. The van der Waals surface area contributed by atoms with Crippen molar-refractivity contribution in [3.05, 3.63) is 53.1 Å². The fourth-order valence-electron chi connectivity index (χ4n) is 3.11. The number of nitrogens with one attached hydrogen (secondary N) is 1. The van der Waals surface area contributed by atoms with Crippen molar-refractivity contribution in [3.8, 4) is 11.4 Å². The van der Waals surface area contributed by atoms with Gasteiger partial charge in [-0.1, -0.05) is 35.5 Å². The molecule has 0 unspecified atom stereocenters. The molecule has 0 saturated heterocycles. The molecular weight excluding hydrogens is 434 g/mol. The second-order valence-corrected chi connectivity index (χ2v) is 9.72. The highest BCUT2D eigenvalue weighted by Crippen LogP contribution is 2.26. The van der Waals surface area contributed by atoms with Crippen molar-refractivity contribution < 1.29 is 13.2 Å². The topological polar surface area (TPSA) is 120 Å². The third-order valence-corrected chi connectivity index (χ3v) is 6.74. The maximum atomic E-state index is 12.6. The van der Waals surface area contributed by atoms with E-state index in [1.807, 2.05) is 49.6 Å².